The molecule has 0 saturated carbocycles. The maximum atomic E-state index is 14.0. The van der Waals surface area contributed by atoms with Gasteiger partial charge in [-0.3, -0.25) is 19.1 Å². The Morgan fingerprint density at radius 1 is 1.14 bits per heavy atom. The Bertz CT molecular complexity index is 1030. The van der Waals surface area contributed by atoms with Gasteiger partial charge in [0.05, 0.1) is 5.56 Å². The van der Waals surface area contributed by atoms with Crippen LogP contribution in [0.3, 0.4) is 0 Å². The van der Waals surface area contributed by atoms with Crippen molar-refractivity contribution < 1.29 is 22.4 Å². The van der Waals surface area contributed by atoms with E-state index in [0.29, 0.717) is 17.7 Å². The summed E-state index contributed by atoms with van der Waals surface area (Å²) in [4.78, 5) is 39.5. The zero-order valence-electron chi connectivity index (χ0n) is 15.1. The molecule has 0 aliphatic rings. The Kier molecular flexibility index (Phi) is 6.26. The van der Waals surface area contributed by atoms with Crippen LogP contribution in [0.5, 0.6) is 0 Å². The molecular weight excluding hydrogens is 384 g/mol. The van der Waals surface area contributed by atoms with Gasteiger partial charge in [0, 0.05) is 13.1 Å². The molecule has 152 valence electrons. The minimum atomic E-state index is -2.16. The van der Waals surface area contributed by atoms with Gasteiger partial charge in [-0.1, -0.05) is 13.3 Å². The third-order valence-electron chi connectivity index (χ3n) is 4.11. The highest BCUT2D eigenvalue weighted by atomic mass is 19.2. The largest absolute Gasteiger partial charge is 0.383 e. The van der Waals surface area contributed by atoms with Crippen molar-refractivity contribution in [3.63, 3.8) is 0 Å². The van der Waals surface area contributed by atoms with Crippen LogP contribution in [0.1, 0.15) is 37.0 Å². The van der Waals surface area contributed by atoms with E-state index in [9.17, 15) is 31.9 Å². The van der Waals surface area contributed by atoms with Crippen molar-refractivity contribution in [2.75, 3.05) is 17.2 Å². The molecule has 0 spiro atoms. The van der Waals surface area contributed by atoms with Crippen LogP contribution < -0.4 is 21.9 Å². The molecule has 28 heavy (non-hydrogen) atoms. The Hall–Kier alpha value is -3.11. The van der Waals surface area contributed by atoms with Crippen LogP contribution in [0, 0.1) is 23.3 Å². The van der Waals surface area contributed by atoms with E-state index < -0.39 is 51.7 Å². The van der Waals surface area contributed by atoms with Gasteiger partial charge < -0.3 is 10.6 Å². The van der Waals surface area contributed by atoms with Gasteiger partial charge in [0.2, 0.25) is 0 Å². The number of carbonyl (C=O) groups excluding carboxylic acids is 1. The van der Waals surface area contributed by atoms with Crippen LogP contribution in [-0.4, -0.2) is 22.0 Å². The molecule has 0 unspecified atom stereocenters. The molecule has 0 bridgehead atoms. The van der Waals surface area contributed by atoms with Crippen LogP contribution in [0.4, 0.5) is 29.1 Å². The number of nitrogens with two attached hydrogens (primary N) is 1. The molecule has 1 aromatic heterocycles. The summed E-state index contributed by atoms with van der Waals surface area (Å²) >= 11 is 0. The van der Waals surface area contributed by atoms with Crippen molar-refractivity contribution in [1.82, 2.24) is 9.55 Å². The van der Waals surface area contributed by atoms with Crippen molar-refractivity contribution in [1.29, 1.82) is 0 Å². The third kappa shape index (κ3) is 3.64. The highest BCUT2D eigenvalue weighted by Crippen LogP contribution is 2.24. The summed E-state index contributed by atoms with van der Waals surface area (Å²) in [6.45, 7) is 3.14. The summed E-state index contributed by atoms with van der Waals surface area (Å²) in [5.41, 5.74) is 2.46. The standard InChI is InChI=1S/C17H18F4N4O3/c1-3-5-6-25-14(22)13(15(26)23-17(25)28)24(4-2)16(27)8-7-9(18)11(20)12(21)10(8)19/h7H,3-6,22H2,1-2H3,(H,23,26,28). The molecule has 0 atom stereocenters. The molecule has 0 aliphatic carbocycles. The first kappa shape index (κ1) is 21.2. The minimum absolute atomic E-state index is 0.144. The fourth-order valence-electron chi connectivity index (χ4n) is 2.65. The normalized spacial score (nSPS) is 10.9. The summed E-state index contributed by atoms with van der Waals surface area (Å²) in [5.74, 6) is -9.59. The molecule has 0 radical (unpaired) electrons. The number of aromatic amines is 1. The van der Waals surface area contributed by atoms with Gasteiger partial charge in [-0.2, -0.15) is 0 Å². The maximum absolute atomic E-state index is 14.0. The SMILES string of the molecule is CCCCn1c(N)c(N(CC)C(=O)c2cc(F)c(F)c(F)c2F)c(=O)[nH]c1=O. The second kappa shape index (κ2) is 8.28. The van der Waals surface area contributed by atoms with E-state index in [2.05, 4.69) is 0 Å². The molecule has 2 rings (SSSR count). The van der Waals surface area contributed by atoms with Crippen LogP contribution in [0.25, 0.3) is 0 Å². The molecule has 1 amide bonds. The number of unbranched alkanes of at least 4 members (excludes halogenated alkanes) is 1. The first-order valence-corrected chi connectivity index (χ1v) is 8.43. The van der Waals surface area contributed by atoms with E-state index >= 15 is 0 Å². The molecule has 1 aromatic carbocycles. The molecule has 2 aromatic rings. The highest BCUT2D eigenvalue weighted by Gasteiger charge is 2.29. The van der Waals surface area contributed by atoms with Crippen molar-refractivity contribution in [3.05, 3.63) is 55.7 Å². The van der Waals surface area contributed by atoms with Gasteiger partial charge in [-0.05, 0) is 19.4 Å². The predicted octanol–water partition coefficient (Wildman–Crippen LogP) is 2.14. The molecule has 0 saturated heterocycles. The van der Waals surface area contributed by atoms with Gasteiger partial charge in [-0.15, -0.1) is 0 Å². The van der Waals surface area contributed by atoms with Crippen molar-refractivity contribution in [2.24, 2.45) is 0 Å². The lowest BCUT2D eigenvalue weighted by Gasteiger charge is -2.23. The van der Waals surface area contributed by atoms with E-state index in [1.54, 1.807) is 0 Å². The topological polar surface area (TPSA) is 101 Å². The Balaban J connectivity index is 2.65. The smallest absolute Gasteiger partial charge is 0.330 e. The van der Waals surface area contributed by atoms with Gasteiger partial charge in [0.25, 0.3) is 11.5 Å². The number of aromatic nitrogens is 2. The predicted molar refractivity (Wildman–Crippen MR) is 94.3 cm³/mol. The van der Waals surface area contributed by atoms with Gasteiger partial charge >= 0.3 is 5.69 Å². The van der Waals surface area contributed by atoms with Gasteiger partial charge in [0.1, 0.15) is 5.82 Å². The van der Waals surface area contributed by atoms with Crippen LogP contribution in [0.15, 0.2) is 15.7 Å². The number of rotatable bonds is 6. The van der Waals surface area contributed by atoms with Gasteiger partial charge in [0.15, 0.2) is 29.0 Å². The molecule has 7 nitrogen and oxygen atoms in total. The number of benzene rings is 1. The second-order valence-corrected chi connectivity index (χ2v) is 5.90. The molecular formula is C17H18F4N4O3. The average molecular weight is 402 g/mol. The van der Waals surface area contributed by atoms with E-state index in [-0.39, 0.29) is 25.0 Å². The van der Waals surface area contributed by atoms with Gasteiger partial charge in [-0.25, -0.2) is 22.4 Å². The first-order valence-electron chi connectivity index (χ1n) is 8.43. The number of carbonyl (C=O) groups is 1. The Morgan fingerprint density at radius 2 is 1.79 bits per heavy atom. The lowest BCUT2D eigenvalue weighted by molar-refractivity contribution is 0.0982. The molecule has 3 N–H and O–H groups in total. The summed E-state index contributed by atoms with van der Waals surface area (Å²) in [6, 6.07) is 0.191. The number of hydrogen-bond acceptors (Lipinski definition) is 4. The lowest BCUT2D eigenvalue weighted by atomic mass is 10.1. The molecule has 11 heteroatoms. The van der Waals surface area contributed by atoms with Crippen LogP contribution in [-0.2, 0) is 6.54 Å². The summed E-state index contributed by atoms with van der Waals surface area (Å²) < 4.78 is 55.2. The number of nitrogens with one attached hydrogen (secondary N) is 1. The van der Waals surface area contributed by atoms with Crippen LogP contribution >= 0.6 is 0 Å². The molecule has 0 fully saturated rings. The van der Waals surface area contributed by atoms with Crippen molar-refractivity contribution in [3.8, 4) is 0 Å². The fraction of sp³-hybridized carbons (Fsp3) is 0.353. The monoisotopic (exact) mass is 402 g/mol. The molecule has 0 aliphatic heterocycles. The van der Waals surface area contributed by atoms with Crippen LogP contribution in [0.2, 0.25) is 0 Å². The first-order chi connectivity index (χ1) is 13.1. The lowest BCUT2D eigenvalue weighted by Crippen LogP contribution is -2.41. The number of amides is 1. The van der Waals surface area contributed by atoms with E-state index in [1.165, 1.54) is 6.92 Å². The Morgan fingerprint density at radius 3 is 2.36 bits per heavy atom. The van der Waals surface area contributed by atoms with E-state index in [4.69, 9.17) is 5.73 Å². The Labute approximate surface area is 156 Å². The van der Waals surface area contributed by atoms with Crippen molar-refractivity contribution in [2.45, 2.75) is 33.2 Å². The zero-order chi connectivity index (χ0) is 21.2. The average Bonchev–Trinajstić information content (AvgIpc) is 2.65. The number of halogens is 4. The summed E-state index contributed by atoms with van der Waals surface area (Å²) in [7, 11) is 0. The fourth-order valence-corrected chi connectivity index (χ4v) is 2.65. The highest BCUT2D eigenvalue weighted by molar-refractivity contribution is 6.07. The zero-order valence-corrected chi connectivity index (χ0v) is 15.1. The van der Waals surface area contributed by atoms with E-state index in [1.807, 2.05) is 11.9 Å². The third-order valence-corrected chi connectivity index (χ3v) is 4.11. The summed E-state index contributed by atoms with van der Waals surface area (Å²) in [6.07, 6.45) is 1.24. The van der Waals surface area contributed by atoms with E-state index in [0.717, 1.165) is 4.57 Å². The number of nitrogen functional groups attached to an aromatic ring is 1. The number of nitrogens with zero attached hydrogens (tertiary/aromatic N) is 2. The number of hydrogen-bond donors (Lipinski definition) is 2. The minimum Gasteiger partial charge on any atom is -0.383 e. The number of anilines is 2. The second-order valence-electron chi connectivity index (χ2n) is 5.90. The number of H-pyrrole nitrogens is 1. The molecule has 1 heterocycles. The quantitative estimate of drug-likeness (QED) is 0.439. The summed E-state index contributed by atoms with van der Waals surface area (Å²) in [5, 5.41) is 0. The maximum Gasteiger partial charge on any atom is 0.330 e. The van der Waals surface area contributed by atoms with Crippen molar-refractivity contribution >= 4 is 17.4 Å².